The van der Waals surface area contributed by atoms with E-state index in [1.165, 1.54) is 25.7 Å². The maximum atomic E-state index is 13.9. The van der Waals surface area contributed by atoms with Gasteiger partial charge in [-0.25, -0.2) is 9.67 Å². The SMILES string of the molecule is O=c1c([C@@H](CN2CCCCC2)c2ccccc2Cl)nc(-c2ccccc2)nn1CN1CCCCC1. The summed E-state index contributed by atoms with van der Waals surface area (Å²) in [5.41, 5.74) is 2.29. The number of piperidine rings is 2. The summed E-state index contributed by atoms with van der Waals surface area (Å²) < 4.78 is 1.63. The van der Waals surface area contributed by atoms with Gasteiger partial charge in [0.25, 0.3) is 5.56 Å². The van der Waals surface area contributed by atoms with Crippen LogP contribution in [0.1, 0.15) is 55.7 Å². The Morgan fingerprint density at radius 2 is 1.43 bits per heavy atom. The molecule has 0 amide bonds. The summed E-state index contributed by atoms with van der Waals surface area (Å²) in [4.78, 5) is 23.7. The minimum Gasteiger partial charge on any atom is -0.302 e. The van der Waals surface area contributed by atoms with Crippen LogP contribution in [0.3, 0.4) is 0 Å². The number of halogens is 1. The van der Waals surface area contributed by atoms with Crippen molar-refractivity contribution in [1.82, 2.24) is 24.6 Å². The molecule has 0 aliphatic carbocycles. The van der Waals surface area contributed by atoms with Crippen LogP contribution in [0.25, 0.3) is 11.4 Å². The smallest absolute Gasteiger partial charge is 0.290 e. The summed E-state index contributed by atoms with van der Waals surface area (Å²) in [5.74, 6) is 0.375. The normalized spacial score (nSPS) is 18.4. The lowest BCUT2D eigenvalue weighted by molar-refractivity contribution is 0.168. The molecule has 3 heterocycles. The van der Waals surface area contributed by atoms with Crippen molar-refractivity contribution in [1.29, 1.82) is 0 Å². The molecule has 2 saturated heterocycles. The van der Waals surface area contributed by atoms with Gasteiger partial charge in [-0.1, -0.05) is 73.0 Å². The highest BCUT2D eigenvalue weighted by Gasteiger charge is 2.28. The second-order valence-corrected chi connectivity index (χ2v) is 10.2. The van der Waals surface area contributed by atoms with Gasteiger partial charge in [-0.15, -0.1) is 5.10 Å². The molecule has 2 aromatic carbocycles. The van der Waals surface area contributed by atoms with Gasteiger partial charge in [0.2, 0.25) is 0 Å². The predicted molar refractivity (Wildman–Crippen MR) is 141 cm³/mol. The van der Waals surface area contributed by atoms with Crippen LogP contribution in [0.4, 0.5) is 0 Å². The molecule has 184 valence electrons. The van der Waals surface area contributed by atoms with Gasteiger partial charge in [-0.05, 0) is 63.5 Å². The third kappa shape index (κ3) is 5.83. The van der Waals surface area contributed by atoms with E-state index >= 15 is 0 Å². The quantitative estimate of drug-likeness (QED) is 0.464. The van der Waals surface area contributed by atoms with Gasteiger partial charge in [0.1, 0.15) is 5.69 Å². The zero-order valence-corrected chi connectivity index (χ0v) is 21.0. The van der Waals surface area contributed by atoms with E-state index in [9.17, 15) is 4.79 Å². The molecule has 0 N–H and O–H groups in total. The summed E-state index contributed by atoms with van der Waals surface area (Å²) in [5, 5.41) is 5.42. The molecule has 3 aromatic rings. The first kappa shape index (κ1) is 24.2. The molecule has 0 spiro atoms. The summed E-state index contributed by atoms with van der Waals surface area (Å²) in [6, 6.07) is 17.8. The van der Waals surface area contributed by atoms with Crippen molar-refractivity contribution < 1.29 is 0 Å². The molecule has 6 nitrogen and oxygen atoms in total. The monoisotopic (exact) mass is 491 g/mol. The summed E-state index contributed by atoms with van der Waals surface area (Å²) in [7, 11) is 0. The highest BCUT2D eigenvalue weighted by atomic mass is 35.5. The van der Waals surface area contributed by atoms with Gasteiger partial charge >= 0.3 is 0 Å². The summed E-state index contributed by atoms with van der Waals surface area (Å²) in [6.07, 6.45) is 7.22. The lowest BCUT2D eigenvalue weighted by atomic mass is 9.94. The van der Waals surface area contributed by atoms with Crippen LogP contribution in [0.5, 0.6) is 0 Å². The van der Waals surface area contributed by atoms with E-state index in [1.807, 2.05) is 54.6 Å². The zero-order valence-electron chi connectivity index (χ0n) is 20.3. The van der Waals surface area contributed by atoms with Crippen LogP contribution in [-0.2, 0) is 6.67 Å². The highest BCUT2D eigenvalue weighted by molar-refractivity contribution is 6.31. The average molecular weight is 492 g/mol. The Balaban J connectivity index is 1.61. The fourth-order valence-electron chi connectivity index (χ4n) is 5.29. The lowest BCUT2D eigenvalue weighted by Crippen LogP contribution is -2.41. The first-order valence-electron chi connectivity index (χ1n) is 12.9. The number of likely N-dealkylation sites (tertiary alicyclic amines) is 2. The van der Waals surface area contributed by atoms with E-state index in [0.29, 0.717) is 23.2 Å². The molecule has 0 unspecified atom stereocenters. The number of aromatic nitrogens is 3. The van der Waals surface area contributed by atoms with E-state index in [4.69, 9.17) is 21.7 Å². The minimum atomic E-state index is -0.215. The molecular formula is C28H34ClN5O. The Morgan fingerprint density at radius 3 is 2.11 bits per heavy atom. The first-order valence-corrected chi connectivity index (χ1v) is 13.3. The second-order valence-electron chi connectivity index (χ2n) is 9.75. The fraction of sp³-hybridized carbons (Fsp3) is 0.464. The molecule has 0 radical (unpaired) electrons. The topological polar surface area (TPSA) is 54.3 Å². The van der Waals surface area contributed by atoms with E-state index in [-0.39, 0.29) is 11.5 Å². The van der Waals surface area contributed by atoms with Crippen molar-refractivity contribution in [3.05, 3.63) is 81.2 Å². The van der Waals surface area contributed by atoms with Crippen LogP contribution >= 0.6 is 11.6 Å². The Bertz CT molecular complexity index is 1170. The molecule has 0 bridgehead atoms. The van der Waals surface area contributed by atoms with Crippen LogP contribution in [-0.4, -0.2) is 57.3 Å². The van der Waals surface area contributed by atoms with Crippen molar-refractivity contribution >= 4 is 11.6 Å². The molecule has 1 aromatic heterocycles. The van der Waals surface area contributed by atoms with Gasteiger partial charge in [0.15, 0.2) is 5.82 Å². The number of nitrogens with zero attached hydrogens (tertiary/aromatic N) is 5. The Kier molecular flexibility index (Phi) is 7.92. The van der Waals surface area contributed by atoms with Crippen molar-refractivity contribution in [2.45, 2.75) is 51.1 Å². The first-order chi connectivity index (χ1) is 17.2. The number of hydrogen-bond donors (Lipinski definition) is 0. The maximum absolute atomic E-state index is 13.9. The number of hydrogen-bond acceptors (Lipinski definition) is 5. The third-order valence-electron chi connectivity index (χ3n) is 7.21. The van der Waals surface area contributed by atoms with Crippen LogP contribution in [0, 0.1) is 0 Å². The van der Waals surface area contributed by atoms with E-state index in [1.54, 1.807) is 4.68 Å². The molecule has 2 aliphatic heterocycles. The predicted octanol–water partition coefficient (Wildman–Crippen LogP) is 5.02. The number of rotatable bonds is 7. The molecule has 7 heteroatoms. The van der Waals surface area contributed by atoms with Crippen molar-refractivity contribution in [2.75, 3.05) is 32.7 Å². The Morgan fingerprint density at radius 1 is 0.800 bits per heavy atom. The van der Waals surface area contributed by atoms with Gasteiger partial charge in [-0.3, -0.25) is 9.69 Å². The Hall–Kier alpha value is -2.54. The van der Waals surface area contributed by atoms with Crippen LogP contribution in [0.2, 0.25) is 5.02 Å². The molecular weight excluding hydrogens is 458 g/mol. The minimum absolute atomic E-state index is 0.114. The van der Waals surface area contributed by atoms with Crippen molar-refractivity contribution in [3.63, 3.8) is 0 Å². The van der Waals surface area contributed by atoms with Crippen molar-refractivity contribution in [2.24, 2.45) is 0 Å². The molecule has 2 aliphatic rings. The highest BCUT2D eigenvalue weighted by Crippen LogP contribution is 2.30. The molecule has 35 heavy (non-hydrogen) atoms. The van der Waals surface area contributed by atoms with E-state index < -0.39 is 0 Å². The molecule has 2 fully saturated rings. The van der Waals surface area contributed by atoms with Gasteiger partial charge in [0, 0.05) is 23.0 Å². The molecule has 1 atom stereocenters. The van der Waals surface area contributed by atoms with E-state index in [0.717, 1.165) is 56.7 Å². The van der Waals surface area contributed by atoms with Gasteiger partial charge in [0.05, 0.1) is 6.67 Å². The van der Waals surface area contributed by atoms with Crippen molar-refractivity contribution in [3.8, 4) is 11.4 Å². The van der Waals surface area contributed by atoms with Gasteiger partial charge in [-0.2, -0.15) is 0 Å². The summed E-state index contributed by atoms with van der Waals surface area (Å²) in [6.45, 7) is 5.29. The zero-order chi connectivity index (χ0) is 24.0. The second kappa shape index (κ2) is 11.5. The Labute approximate surface area is 212 Å². The largest absolute Gasteiger partial charge is 0.302 e. The van der Waals surface area contributed by atoms with Crippen LogP contribution < -0.4 is 5.56 Å². The third-order valence-corrected chi connectivity index (χ3v) is 7.55. The van der Waals surface area contributed by atoms with Gasteiger partial charge < -0.3 is 4.90 Å². The standard InChI is InChI=1S/C28H34ClN5O/c29-25-15-7-6-14-23(25)24(20-32-16-8-2-9-17-32)26-28(35)34(21-33-18-10-3-11-19-33)31-27(30-26)22-12-4-1-5-13-22/h1,4-7,12-15,24H,2-3,8-11,16-21H2/t24-/m0/s1. The average Bonchev–Trinajstić information content (AvgIpc) is 2.91. The van der Waals surface area contributed by atoms with E-state index in [2.05, 4.69) is 9.80 Å². The lowest BCUT2D eigenvalue weighted by Gasteiger charge is -2.31. The van der Waals surface area contributed by atoms with Crippen LogP contribution in [0.15, 0.2) is 59.4 Å². The molecule has 0 saturated carbocycles. The maximum Gasteiger partial charge on any atom is 0.290 e. The fourth-order valence-corrected chi connectivity index (χ4v) is 5.56. The number of benzene rings is 2. The summed E-state index contributed by atoms with van der Waals surface area (Å²) >= 11 is 6.71. The molecule has 5 rings (SSSR count).